The van der Waals surface area contributed by atoms with Gasteiger partial charge in [-0.1, -0.05) is 11.3 Å². The molecular formula is C25H22F3N7O2. The van der Waals surface area contributed by atoms with Crippen molar-refractivity contribution in [3.63, 3.8) is 0 Å². The number of halogens is 3. The number of morpholine rings is 1. The second-order valence-electron chi connectivity index (χ2n) is 8.46. The first kappa shape index (κ1) is 24.4. The number of amides is 1. The maximum Gasteiger partial charge on any atom is 0.433 e. The van der Waals surface area contributed by atoms with E-state index in [2.05, 4.69) is 30.5 Å². The predicted molar refractivity (Wildman–Crippen MR) is 130 cm³/mol. The standard InChI is InChI=1S/C25H22F3N7O2/c1-16-2-3-19(31-24(36)17-4-5-30-23(11-17)25(26,27)28)12-22(16)35-15-21(32-33-35)18-10-20(14-29-13-18)34-6-8-37-9-7-34/h2-5,10-15H,6-9H2,1H3,(H,31,36). The smallest absolute Gasteiger partial charge is 0.378 e. The van der Waals surface area contributed by atoms with Crippen molar-refractivity contribution in [3.05, 3.63) is 78.0 Å². The number of carbonyl (C=O) groups is 1. The summed E-state index contributed by atoms with van der Waals surface area (Å²) in [5.74, 6) is -0.687. The molecule has 1 saturated heterocycles. The van der Waals surface area contributed by atoms with Crippen LogP contribution in [0.5, 0.6) is 0 Å². The topological polar surface area (TPSA) is 98.1 Å². The Morgan fingerprint density at radius 1 is 1.08 bits per heavy atom. The van der Waals surface area contributed by atoms with Crippen molar-refractivity contribution in [3.8, 4) is 16.9 Å². The van der Waals surface area contributed by atoms with E-state index in [0.717, 1.165) is 36.1 Å². The maximum atomic E-state index is 13.0. The first-order chi connectivity index (χ1) is 17.8. The average molecular weight is 509 g/mol. The van der Waals surface area contributed by atoms with Gasteiger partial charge >= 0.3 is 6.18 Å². The molecule has 3 aromatic heterocycles. The van der Waals surface area contributed by atoms with Crippen molar-refractivity contribution < 1.29 is 22.7 Å². The zero-order valence-corrected chi connectivity index (χ0v) is 19.7. The van der Waals surface area contributed by atoms with Gasteiger partial charge in [-0.25, -0.2) is 4.68 Å². The van der Waals surface area contributed by atoms with E-state index in [4.69, 9.17) is 4.74 Å². The SMILES string of the molecule is Cc1ccc(NC(=O)c2ccnc(C(F)(F)F)c2)cc1-n1cc(-c2cncc(N3CCOCC3)c2)nn1. The molecule has 0 bridgehead atoms. The van der Waals surface area contributed by atoms with Crippen LogP contribution in [0.4, 0.5) is 24.5 Å². The van der Waals surface area contributed by atoms with E-state index < -0.39 is 17.8 Å². The average Bonchev–Trinajstić information content (AvgIpc) is 3.40. The molecule has 37 heavy (non-hydrogen) atoms. The van der Waals surface area contributed by atoms with Crippen LogP contribution in [0.1, 0.15) is 21.6 Å². The number of ether oxygens (including phenoxy) is 1. The van der Waals surface area contributed by atoms with Crippen molar-refractivity contribution in [1.82, 2.24) is 25.0 Å². The van der Waals surface area contributed by atoms with E-state index in [1.165, 1.54) is 6.07 Å². The first-order valence-corrected chi connectivity index (χ1v) is 11.4. The van der Waals surface area contributed by atoms with Gasteiger partial charge in [0.05, 0.1) is 37.0 Å². The lowest BCUT2D eigenvalue weighted by Gasteiger charge is -2.28. The monoisotopic (exact) mass is 509 g/mol. The van der Waals surface area contributed by atoms with Crippen LogP contribution in [0.3, 0.4) is 0 Å². The van der Waals surface area contributed by atoms with Crippen LogP contribution in [0.25, 0.3) is 16.9 Å². The minimum Gasteiger partial charge on any atom is -0.378 e. The van der Waals surface area contributed by atoms with E-state index in [0.29, 0.717) is 36.3 Å². The number of rotatable bonds is 5. The Balaban J connectivity index is 1.37. The predicted octanol–water partition coefficient (Wildman–Crippen LogP) is 4.14. The van der Waals surface area contributed by atoms with Crippen LogP contribution >= 0.6 is 0 Å². The van der Waals surface area contributed by atoms with Gasteiger partial charge < -0.3 is 15.0 Å². The van der Waals surface area contributed by atoms with Crippen LogP contribution in [-0.4, -0.2) is 57.2 Å². The van der Waals surface area contributed by atoms with Gasteiger partial charge in [0, 0.05) is 42.3 Å². The highest BCUT2D eigenvalue weighted by molar-refractivity contribution is 6.04. The fourth-order valence-corrected chi connectivity index (χ4v) is 3.94. The Hall–Kier alpha value is -4.32. The molecule has 1 aliphatic rings. The molecule has 1 fully saturated rings. The number of pyridine rings is 2. The Morgan fingerprint density at radius 3 is 2.68 bits per heavy atom. The van der Waals surface area contributed by atoms with Gasteiger partial charge in [0.15, 0.2) is 0 Å². The van der Waals surface area contributed by atoms with Crippen molar-refractivity contribution >= 4 is 17.3 Å². The Labute approximate surface area is 209 Å². The highest BCUT2D eigenvalue weighted by Crippen LogP contribution is 2.28. The van der Waals surface area contributed by atoms with Crippen LogP contribution in [0.2, 0.25) is 0 Å². The second-order valence-corrected chi connectivity index (χ2v) is 8.46. The molecule has 1 aliphatic heterocycles. The number of aryl methyl sites for hydroxylation is 1. The third kappa shape index (κ3) is 5.43. The van der Waals surface area contributed by atoms with Crippen molar-refractivity contribution in [2.45, 2.75) is 13.1 Å². The molecule has 0 atom stereocenters. The summed E-state index contributed by atoms with van der Waals surface area (Å²) in [5, 5.41) is 11.2. The zero-order chi connectivity index (χ0) is 26.0. The van der Waals surface area contributed by atoms with Crippen molar-refractivity contribution in [2.24, 2.45) is 0 Å². The molecule has 12 heteroatoms. The van der Waals surface area contributed by atoms with Crippen LogP contribution in [-0.2, 0) is 10.9 Å². The number of nitrogens with one attached hydrogen (secondary N) is 1. The number of carbonyl (C=O) groups excluding carboxylic acids is 1. The van der Waals surface area contributed by atoms with Gasteiger partial charge in [0.2, 0.25) is 0 Å². The molecule has 9 nitrogen and oxygen atoms in total. The van der Waals surface area contributed by atoms with E-state index >= 15 is 0 Å². The van der Waals surface area contributed by atoms with E-state index in [-0.39, 0.29) is 5.56 Å². The summed E-state index contributed by atoms with van der Waals surface area (Å²) in [4.78, 5) is 22.5. The summed E-state index contributed by atoms with van der Waals surface area (Å²) >= 11 is 0. The summed E-state index contributed by atoms with van der Waals surface area (Å²) < 4.78 is 45.9. The van der Waals surface area contributed by atoms with Gasteiger partial charge in [0.25, 0.3) is 5.91 Å². The number of hydrogen-bond acceptors (Lipinski definition) is 7. The molecule has 0 saturated carbocycles. The number of benzene rings is 1. The Morgan fingerprint density at radius 2 is 1.89 bits per heavy atom. The molecule has 4 aromatic rings. The lowest BCUT2D eigenvalue weighted by Crippen LogP contribution is -2.36. The van der Waals surface area contributed by atoms with Gasteiger partial charge in [-0.15, -0.1) is 5.10 Å². The lowest BCUT2D eigenvalue weighted by atomic mass is 10.1. The number of aromatic nitrogens is 5. The Bertz CT molecular complexity index is 1430. The van der Waals surface area contributed by atoms with Crippen molar-refractivity contribution in [1.29, 1.82) is 0 Å². The number of hydrogen-bond donors (Lipinski definition) is 1. The molecule has 0 aliphatic carbocycles. The normalized spacial score (nSPS) is 14.0. The molecule has 0 unspecified atom stereocenters. The quantitative estimate of drug-likeness (QED) is 0.432. The molecule has 190 valence electrons. The van der Waals surface area contributed by atoms with Gasteiger partial charge in [-0.05, 0) is 42.8 Å². The fraction of sp³-hybridized carbons (Fsp3) is 0.240. The molecule has 4 heterocycles. The first-order valence-electron chi connectivity index (χ1n) is 11.4. The number of anilines is 2. The summed E-state index contributed by atoms with van der Waals surface area (Å²) in [6, 6.07) is 9.06. The highest BCUT2D eigenvalue weighted by Gasteiger charge is 2.33. The molecular weight excluding hydrogens is 487 g/mol. The van der Waals surface area contributed by atoms with Crippen LogP contribution in [0, 0.1) is 6.92 Å². The van der Waals surface area contributed by atoms with Crippen LogP contribution in [0.15, 0.2) is 61.2 Å². The maximum absolute atomic E-state index is 13.0. The molecule has 1 aromatic carbocycles. The minimum absolute atomic E-state index is 0.153. The van der Waals surface area contributed by atoms with Gasteiger partial charge in [-0.2, -0.15) is 13.2 Å². The summed E-state index contributed by atoms with van der Waals surface area (Å²) in [5.41, 5.74) is 3.01. The minimum atomic E-state index is -4.64. The zero-order valence-electron chi connectivity index (χ0n) is 19.7. The highest BCUT2D eigenvalue weighted by atomic mass is 19.4. The molecule has 0 spiro atoms. The largest absolute Gasteiger partial charge is 0.433 e. The fourth-order valence-electron chi connectivity index (χ4n) is 3.94. The van der Waals surface area contributed by atoms with E-state index in [1.807, 2.05) is 13.0 Å². The van der Waals surface area contributed by atoms with Gasteiger partial charge in [-0.3, -0.25) is 14.8 Å². The van der Waals surface area contributed by atoms with E-state index in [9.17, 15) is 18.0 Å². The molecule has 1 amide bonds. The van der Waals surface area contributed by atoms with Gasteiger partial charge in [0.1, 0.15) is 11.4 Å². The van der Waals surface area contributed by atoms with E-state index in [1.54, 1.807) is 41.5 Å². The Kier molecular flexibility index (Phi) is 6.57. The third-order valence-corrected chi connectivity index (χ3v) is 5.92. The second kappa shape index (κ2) is 9.97. The summed E-state index contributed by atoms with van der Waals surface area (Å²) in [6.07, 6.45) is 1.59. The van der Waals surface area contributed by atoms with Crippen LogP contribution < -0.4 is 10.2 Å². The summed E-state index contributed by atoms with van der Waals surface area (Å²) in [6.45, 7) is 4.77. The number of alkyl halides is 3. The lowest BCUT2D eigenvalue weighted by molar-refractivity contribution is -0.141. The van der Waals surface area contributed by atoms with Crippen molar-refractivity contribution in [2.75, 3.05) is 36.5 Å². The summed E-state index contributed by atoms with van der Waals surface area (Å²) in [7, 11) is 0. The molecule has 0 radical (unpaired) electrons. The third-order valence-electron chi connectivity index (χ3n) is 5.92. The molecule has 5 rings (SSSR count). The number of nitrogens with zero attached hydrogens (tertiary/aromatic N) is 6. The molecule has 1 N–H and O–H groups in total.